The average molecular weight is 327 g/mol. The minimum atomic E-state index is -0.350. The van der Waals surface area contributed by atoms with Crippen LogP contribution in [-0.4, -0.2) is 23.0 Å². The van der Waals surface area contributed by atoms with E-state index in [2.05, 4.69) is 38.6 Å². The molecular formula is C18H21N3OS. The van der Waals surface area contributed by atoms with Crippen LogP contribution in [0.2, 0.25) is 0 Å². The van der Waals surface area contributed by atoms with Crippen molar-refractivity contribution in [1.82, 2.24) is 4.90 Å². The highest BCUT2D eigenvalue weighted by molar-refractivity contribution is 7.10. The zero-order chi connectivity index (χ0) is 15.9. The predicted octanol–water partition coefficient (Wildman–Crippen LogP) is 3.94. The van der Waals surface area contributed by atoms with E-state index in [4.69, 9.17) is 6.42 Å². The third kappa shape index (κ3) is 2.31. The number of carbonyl (C=O) groups is 1. The summed E-state index contributed by atoms with van der Waals surface area (Å²) in [6.07, 6.45) is 11.5. The minimum absolute atomic E-state index is 0.00490. The van der Waals surface area contributed by atoms with Crippen molar-refractivity contribution in [1.29, 1.82) is 0 Å². The molecule has 1 aromatic heterocycles. The lowest BCUT2D eigenvalue weighted by atomic mass is 9.66. The average Bonchev–Trinajstić information content (AvgIpc) is 2.98. The molecule has 1 saturated carbocycles. The van der Waals surface area contributed by atoms with E-state index in [1.165, 1.54) is 11.3 Å². The third-order valence-electron chi connectivity index (χ3n) is 5.77. The molecule has 4 rings (SSSR count). The zero-order valence-corrected chi connectivity index (χ0v) is 14.0. The summed E-state index contributed by atoms with van der Waals surface area (Å²) in [6, 6.07) is 4.30. The van der Waals surface area contributed by atoms with E-state index in [1.54, 1.807) is 11.3 Å². The quantitative estimate of drug-likeness (QED) is 0.730. The minimum Gasteiger partial charge on any atom is -0.332 e. The molecule has 2 fully saturated rings. The molecule has 1 aromatic rings. The van der Waals surface area contributed by atoms with Crippen LogP contribution in [0.4, 0.5) is 0 Å². The van der Waals surface area contributed by atoms with Gasteiger partial charge in [-0.25, -0.2) is 0 Å². The number of rotatable bonds is 6. The van der Waals surface area contributed by atoms with E-state index in [1.807, 2.05) is 0 Å². The van der Waals surface area contributed by atoms with Crippen LogP contribution >= 0.6 is 11.3 Å². The molecule has 1 saturated heterocycles. The molecule has 3 heterocycles. The van der Waals surface area contributed by atoms with E-state index in [-0.39, 0.29) is 17.1 Å². The smallest absolute Gasteiger partial charge is 0.223 e. The normalized spacial score (nSPS) is 29.7. The van der Waals surface area contributed by atoms with Crippen molar-refractivity contribution in [2.24, 2.45) is 16.1 Å². The lowest BCUT2D eigenvalue weighted by Crippen LogP contribution is -2.53. The first-order valence-corrected chi connectivity index (χ1v) is 9.30. The number of carbonyl (C=O) groups excluding carboxylic acids is 1. The van der Waals surface area contributed by atoms with Crippen LogP contribution in [0.1, 0.15) is 49.8 Å². The molecule has 2 unspecified atom stereocenters. The van der Waals surface area contributed by atoms with Gasteiger partial charge in [-0.1, -0.05) is 6.07 Å². The lowest BCUT2D eigenvalue weighted by molar-refractivity contribution is -0.140. The van der Waals surface area contributed by atoms with Gasteiger partial charge >= 0.3 is 0 Å². The van der Waals surface area contributed by atoms with Gasteiger partial charge in [0.25, 0.3) is 0 Å². The van der Waals surface area contributed by atoms with Crippen LogP contribution in [0.3, 0.4) is 0 Å². The molecule has 0 N–H and O–H groups in total. The van der Waals surface area contributed by atoms with E-state index >= 15 is 0 Å². The van der Waals surface area contributed by atoms with E-state index in [0.29, 0.717) is 25.2 Å². The summed E-state index contributed by atoms with van der Waals surface area (Å²) >= 11 is 1.79. The van der Waals surface area contributed by atoms with Crippen molar-refractivity contribution in [3.8, 4) is 12.3 Å². The van der Waals surface area contributed by atoms with Crippen molar-refractivity contribution >= 4 is 17.2 Å². The Morgan fingerprint density at radius 1 is 1.43 bits per heavy atom. The molecule has 0 radical (unpaired) electrons. The number of nitrogens with zero attached hydrogens (tertiary/aromatic N) is 3. The molecule has 2 atom stereocenters. The topological polar surface area (TPSA) is 45.0 Å². The highest BCUT2D eigenvalue weighted by Gasteiger charge is 2.58. The maximum absolute atomic E-state index is 12.9. The monoisotopic (exact) mass is 327 g/mol. The Hall–Kier alpha value is -1.67. The van der Waals surface area contributed by atoms with Gasteiger partial charge in [0.05, 0.1) is 5.54 Å². The van der Waals surface area contributed by atoms with Crippen LogP contribution in [0, 0.1) is 18.3 Å². The summed E-state index contributed by atoms with van der Waals surface area (Å²) in [5.41, 5.74) is -0.355. The summed E-state index contributed by atoms with van der Waals surface area (Å²) in [7, 11) is 0. The maximum Gasteiger partial charge on any atom is 0.223 e. The Balaban J connectivity index is 1.43. The van der Waals surface area contributed by atoms with Crippen LogP contribution < -0.4 is 0 Å². The number of terminal acetylenes is 1. The van der Waals surface area contributed by atoms with Gasteiger partial charge in [0.15, 0.2) is 5.66 Å². The van der Waals surface area contributed by atoms with Gasteiger partial charge in [0.1, 0.15) is 0 Å². The molecule has 2 aliphatic heterocycles. The van der Waals surface area contributed by atoms with Gasteiger partial charge in [0.2, 0.25) is 5.91 Å². The van der Waals surface area contributed by atoms with Gasteiger partial charge in [-0.2, -0.15) is 10.2 Å². The van der Waals surface area contributed by atoms with Crippen molar-refractivity contribution < 1.29 is 4.79 Å². The lowest BCUT2D eigenvalue weighted by Gasteiger charge is -2.49. The van der Waals surface area contributed by atoms with Gasteiger partial charge in [-0.15, -0.1) is 23.7 Å². The van der Waals surface area contributed by atoms with Crippen molar-refractivity contribution in [3.05, 3.63) is 22.4 Å². The fourth-order valence-electron chi connectivity index (χ4n) is 4.28. The molecule has 23 heavy (non-hydrogen) atoms. The number of fused-ring (bicyclic) bond motifs is 1. The summed E-state index contributed by atoms with van der Waals surface area (Å²) < 4.78 is 0. The molecule has 0 bridgehead atoms. The Labute approximate surface area is 141 Å². The largest absolute Gasteiger partial charge is 0.332 e. The van der Waals surface area contributed by atoms with Gasteiger partial charge in [-0.05, 0) is 36.6 Å². The Morgan fingerprint density at radius 2 is 2.30 bits per heavy atom. The number of thiophene rings is 1. The fraction of sp³-hybridized carbons (Fsp3) is 0.611. The van der Waals surface area contributed by atoms with E-state index < -0.39 is 0 Å². The second kappa shape index (κ2) is 5.45. The number of hydrogen-bond donors (Lipinski definition) is 0. The Morgan fingerprint density at radius 3 is 2.91 bits per heavy atom. The first-order valence-electron chi connectivity index (χ1n) is 8.42. The van der Waals surface area contributed by atoms with Gasteiger partial charge in [0, 0.05) is 37.1 Å². The number of amides is 1. The maximum atomic E-state index is 12.9. The van der Waals surface area contributed by atoms with Crippen LogP contribution in [0.25, 0.3) is 0 Å². The summed E-state index contributed by atoms with van der Waals surface area (Å²) in [6.45, 7) is 0.896. The van der Waals surface area contributed by atoms with Gasteiger partial charge in [-0.3, -0.25) is 4.79 Å². The molecule has 5 heteroatoms. The second-order valence-corrected chi connectivity index (χ2v) is 7.81. The standard InChI is InChI=1S/C18H21N3OS/c1-2-3-9-17(19-20-17)10-7-16(22)21-12-8-14-6-11-18(14,21)15-5-4-13-23-15/h1,4-5,13-14H,3,6-12H2. The predicted molar refractivity (Wildman–Crippen MR) is 89.9 cm³/mol. The molecule has 0 aromatic carbocycles. The van der Waals surface area contributed by atoms with Crippen LogP contribution in [0.5, 0.6) is 0 Å². The Bertz CT molecular complexity index is 669. The first-order chi connectivity index (χ1) is 11.2. The SMILES string of the molecule is C#CCCC1(CCC(=O)N2CCC3CCC32c2cccs2)N=N1. The number of likely N-dealkylation sites (tertiary alicyclic amines) is 1. The molecule has 120 valence electrons. The molecule has 3 aliphatic rings. The third-order valence-corrected chi connectivity index (χ3v) is 6.81. The van der Waals surface area contributed by atoms with E-state index in [9.17, 15) is 4.79 Å². The van der Waals surface area contributed by atoms with Crippen LogP contribution in [0.15, 0.2) is 27.7 Å². The van der Waals surface area contributed by atoms with Gasteiger partial charge < -0.3 is 4.90 Å². The Kier molecular flexibility index (Phi) is 3.53. The van der Waals surface area contributed by atoms with E-state index in [0.717, 1.165) is 25.8 Å². The first kappa shape index (κ1) is 14.9. The molecule has 1 amide bonds. The zero-order valence-electron chi connectivity index (χ0n) is 13.2. The van der Waals surface area contributed by atoms with Crippen LogP contribution in [-0.2, 0) is 10.3 Å². The number of hydrogen-bond acceptors (Lipinski definition) is 4. The second-order valence-electron chi connectivity index (χ2n) is 6.86. The molecule has 4 nitrogen and oxygen atoms in total. The highest BCUT2D eigenvalue weighted by atomic mass is 32.1. The van der Waals surface area contributed by atoms with Crippen molar-refractivity contribution in [2.75, 3.05) is 6.54 Å². The van der Waals surface area contributed by atoms with Crippen molar-refractivity contribution in [2.45, 2.75) is 56.1 Å². The summed E-state index contributed by atoms with van der Waals surface area (Å²) in [5.74, 6) is 3.55. The summed E-state index contributed by atoms with van der Waals surface area (Å²) in [4.78, 5) is 16.4. The summed E-state index contributed by atoms with van der Waals surface area (Å²) in [5, 5.41) is 10.4. The highest BCUT2D eigenvalue weighted by Crippen LogP contribution is 2.58. The molecule has 0 spiro atoms. The van der Waals surface area contributed by atoms with Crippen molar-refractivity contribution in [3.63, 3.8) is 0 Å². The fourth-order valence-corrected chi connectivity index (χ4v) is 5.33. The molecule has 1 aliphatic carbocycles. The molecular weight excluding hydrogens is 306 g/mol.